The van der Waals surface area contributed by atoms with Crippen LogP contribution in [0.2, 0.25) is 0 Å². The summed E-state index contributed by atoms with van der Waals surface area (Å²) in [6.45, 7) is 0.0122. The number of aliphatic carboxylic acids is 1. The molecule has 6 N–H and O–H groups in total. The van der Waals surface area contributed by atoms with Crippen LogP contribution in [0.3, 0.4) is 0 Å². The summed E-state index contributed by atoms with van der Waals surface area (Å²) in [6, 6.07) is 7.80. The highest BCUT2D eigenvalue weighted by molar-refractivity contribution is 5.82. The van der Waals surface area contributed by atoms with Crippen molar-refractivity contribution in [2.24, 2.45) is 0 Å². The molecular weight excluding hydrogens is 462 g/mol. The smallest absolute Gasteiger partial charge is 0.407 e. The van der Waals surface area contributed by atoms with Crippen LogP contribution in [0.1, 0.15) is 18.2 Å². The molecule has 3 heterocycles. The lowest BCUT2D eigenvalue weighted by Crippen LogP contribution is -2.50. The van der Waals surface area contributed by atoms with Crippen molar-refractivity contribution in [3.63, 3.8) is 0 Å². The van der Waals surface area contributed by atoms with E-state index in [2.05, 4.69) is 25.6 Å². The summed E-state index contributed by atoms with van der Waals surface area (Å²) in [6.07, 6.45) is -2.59. The van der Waals surface area contributed by atoms with Crippen LogP contribution in [0.15, 0.2) is 43.0 Å². The van der Waals surface area contributed by atoms with E-state index >= 15 is 0 Å². The van der Waals surface area contributed by atoms with E-state index in [4.69, 9.17) is 15.2 Å². The molecule has 0 spiro atoms. The molecule has 4 atom stereocenters. The number of carbonyl (C=O) groups is 3. The molecular formula is C21H23N7O7. The van der Waals surface area contributed by atoms with E-state index < -0.39 is 42.4 Å². The van der Waals surface area contributed by atoms with Gasteiger partial charge in [-0.15, -0.1) is 0 Å². The molecule has 0 bridgehead atoms. The average Bonchev–Trinajstić information content (AvgIpc) is 3.40. The van der Waals surface area contributed by atoms with Gasteiger partial charge in [-0.3, -0.25) is 9.36 Å². The molecule has 2 amide bonds. The van der Waals surface area contributed by atoms with E-state index in [1.54, 1.807) is 12.1 Å². The number of nitrogen functional groups attached to an aromatic ring is 1. The maximum absolute atomic E-state index is 12.4. The van der Waals surface area contributed by atoms with Gasteiger partial charge in [-0.2, -0.15) is 0 Å². The summed E-state index contributed by atoms with van der Waals surface area (Å²) in [4.78, 5) is 47.9. The molecule has 0 saturated carbocycles. The molecule has 4 rings (SSSR count). The van der Waals surface area contributed by atoms with Crippen molar-refractivity contribution in [3.05, 3.63) is 48.5 Å². The molecule has 1 aliphatic heterocycles. The number of carboxylic acid groups (broad SMARTS) is 1. The molecule has 1 saturated heterocycles. The van der Waals surface area contributed by atoms with Crippen LogP contribution < -0.4 is 16.4 Å². The minimum Gasteiger partial charge on any atom is -0.479 e. The number of carboxylic acids is 1. The van der Waals surface area contributed by atoms with E-state index in [9.17, 15) is 24.6 Å². The fourth-order valence-electron chi connectivity index (χ4n) is 3.64. The predicted octanol–water partition coefficient (Wildman–Crippen LogP) is -0.447. The fourth-order valence-corrected chi connectivity index (χ4v) is 3.64. The zero-order valence-corrected chi connectivity index (χ0v) is 18.3. The number of imidazole rings is 1. The molecule has 0 aliphatic carbocycles. The van der Waals surface area contributed by atoms with E-state index in [1.165, 1.54) is 17.2 Å². The number of nitrogens with one attached hydrogen (secondary N) is 2. The predicted molar refractivity (Wildman–Crippen MR) is 118 cm³/mol. The van der Waals surface area contributed by atoms with Crippen molar-refractivity contribution in [3.8, 4) is 0 Å². The largest absolute Gasteiger partial charge is 0.479 e. The van der Waals surface area contributed by atoms with E-state index in [0.717, 1.165) is 5.56 Å². The molecule has 0 radical (unpaired) electrons. The third-order valence-electron chi connectivity index (χ3n) is 5.34. The van der Waals surface area contributed by atoms with Crippen LogP contribution in [0.4, 0.5) is 10.6 Å². The van der Waals surface area contributed by atoms with Gasteiger partial charge in [-0.25, -0.2) is 24.5 Å². The Hall–Kier alpha value is -4.30. The van der Waals surface area contributed by atoms with Crippen molar-refractivity contribution in [1.29, 1.82) is 0 Å². The lowest BCUT2D eigenvalue weighted by Gasteiger charge is -2.20. The number of nitrogens with zero attached hydrogens (tertiary/aromatic N) is 4. The van der Waals surface area contributed by atoms with E-state index in [-0.39, 0.29) is 36.6 Å². The number of hydrogen-bond donors (Lipinski definition) is 5. The third kappa shape index (κ3) is 5.28. The first-order chi connectivity index (χ1) is 16.8. The van der Waals surface area contributed by atoms with Gasteiger partial charge in [-0.1, -0.05) is 30.3 Å². The molecule has 1 aliphatic rings. The van der Waals surface area contributed by atoms with Crippen molar-refractivity contribution < 1.29 is 34.1 Å². The zero-order chi connectivity index (χ0) is 24.9. The Morgan fingerprint density at radius 2 is 1.94 bits per heavy atom. The summed E-state index contributed by atoms with van der Waals surface area (Å²) in [5, 5.41) is 25.3. The Balaban J connectivity index is 1.33. The average molecular weight is 485 g/mol. The van der Waals surface area contributed by atoms with Gasteiger partial charge in [0.2, 0.25) is 5.91 Å². The Kier molecular flexibility index (Phi) is 7.03. The number of aliphatic hydroxyl groups is 1. The number of nitrogens with two attached hydrogens (primary N) is 1. The van der Waals surface area contributed by atoms with Crippen LogP contribution in [-0.2, 0) is 25.7 Å². The number of rotatable bonds is 8. The van der Waals surface area contributed by atoms with Gasteiger partial charge in [0.25, 0.3) is 0 Å². The Bertz CT molecular complexity index is 1220. The van der Waals surface area contributed by atoms with Crippen molar-refractivity contribution in [1.82, 2.24) is 30.2 Å². The standard InChI is InChI=1S/C21H23N7O7/c22-17-14-18(25-9-24-17)28(10-26-14)19-15(30)13(16(35-19)20(31)32)27-12(29)6-7-23-21(33)34-8-11-4-2-1-3-5-11/h1-5,9-10,13,15-16,19,30H,6-8H2,(H,23,33)(H,27,29)(H,31,32)(H2,22,24,25)/t13-,15+,16-,19+/m0/s1. The van der Waals surface area contributed by atoms with Gasteiger partial charge in [0.1, 0.15) is 24.6 Å². The molecule has 3 aromatic rings. The summed E-state index contributed by atoms with van der Waals surface area (Å²) in [5.41, 5.74) is 7.07. The van der Waals surface area contributed by atoms with E-state index in [1.807, 2.05) is 18.2 Å². The van der Waals surface area contributed by atoms with Gasteiger partial charge in [0.05, 0.1) is 12.4 Å². The Morgan fingerprint density at radius 1 is 1.17 bits per heavy atom. The van der Waals surface area contributed by atoms with Gasteiger partial charge < -0.3 is 36.1 Å². The maximum atomic E-state index is 12.4. The van der Waals surface area contributed by atoms with E-state index in [0.29, 0.717) is 0 Å². The minimum atomic E-state index is -1.54. The second-order valence-corrected chi connectivity index (χ2v) is 7.69. The third-order valence-corrected chi connectivity index (χ3v) is 5.34. The number of anilines is 1. The lowest BCUT2D eigenvalue weighted by molar-refractivity contribution is -0.152. The summed E-state index contributed by atoms with van der Waals surface area (Å²) >= 11 is 0. The SMILES string of the molecule is Nc1ncnc2c1ncn2[C@@H]1O[C@H](C(=O)O)[C@@H](NC(=O)CCNC(=O)OCc2ccccc2)[C@H]1O. The second kappa shape index (κ2) is 10.3. The quantitative estimate of drug-likeness (QED) is 0.276. The number of amides is 2. The molecule has 1 aromatic carbocycles. The topological polar surface area (TPSA) is 204 Å². The Morgan fingerprint density at radius 3 is 2.69 bits per heavy atom. The number of fused-ring (bicyclic) bond motifs is 1. The number of ether oxygens (including phenoxy) is 2. The van der Waals surface area contributed by atoms with Gasteiger partial charge in [-0.05, 0) is 5.56 Å². The van der Waals surface area contributed by atoms with Crippen molar-refractivity contribution >= 4 is 35.0 Å². The first kappa shape index (κ1) is 23.8. The number of aromatic nitrogens is 4. The van der Waals surface area contributed by atoms with Gasteiger partial charge in [0.15, 0.2) is 23.8 Å². The van der Waals surface area contributed by atoms with Crippen LogP contribution in [-0.4, -0.2) is 72.5 Å². The first-order valence-electron chi connectivity index (χ1n) is 10.6. The molecule has 2 aromatic heterocycles. The summed E-state index contributed by atoms with van der Waals surface area (Å²) in [5.74, 6) is -1.87. The van der Waals surface area contributed by atoms with Gasteiger partial charge in [0, 0.05) is 13.0 Å². The molecule has 184 valence electrons. The minimum absolute atomic E-state index is 0.0628. The Labute approximate surface area is 198 Å². The van der Waals surface area contributed by atoms with Crippen LogP contribution in [0, 0.1) is 0 Å². The van der Waals surface area contributed by atoms with Crippen LogP contribution in [0.25, 0.3) is 11.2 Å². The highest BCUT2D eigenvalue weighted by atomic mass is 16.6. The highest BCUT2D eigenvalue weighted by Crippen LogP contribution is 2.32. The number of alkyl carbamates (subject to hydrolysis) is 1. The highest BCUT2D eigenvalue weighted by Gasteiger charge is 2.49. The monoisotopic (exact) mass is 485 g/mol. The molecule has 1 fully saturated rings. The normalized spacial score (nSPS) is 21.5. The molecule has 35 heavy (non-hydrogen) atoms. The summed E-state index contributed by atoms with van der Waals surface area (Å²) < 4.78 is 11.9. The molecule has 0 unspecified atom stereocenters. The number of hydrogen-bond acceptors (Lipinski definition) is 10. The van der Waals surface area contributed by atoms with Crippen molar-refractivity contribution in [2.45, 2.75) is 37.5 Å². The first-order valence-corrected chi connectivity index (χ1v) is 10.6. The maximum Gasteiger partial charge on any atom is 0.407 e. The lowest BCUT2D eigenvalue weighted by atomic mass is 10.1. The molecule has 14 heteroatoms. The fraction of sp³-hybridized carbons (Fsp3) is 0.333. The number of carbonyl (C=O) groups excluding carboxylic acids is 2. The second-order valence-electron chi connectivity index (χ2n) is 7.69. The zero-order valence-electron chi connectivity index (χ0n) is 18.3. The summed E-state index contributed by atoms with van der Waals surface area (Å²) in [7, 11) is 0. The molecule has 14 nitrogen and oxygen atoms in total. The number of aliphatic hydroxyl groups excluding tert-OH is 1. The van der Waals surface area contributed by atoms with Gasteiger partial charge >= 0.3 is 12.1 Å². The van der Waals surface area contributed by atoms with Crippen molar-refractivity contribution in [2.75, 3.05) is 12.3 Å². The van der Waals surface area contributed by atoms with Crippen LogP contribution in [0.5, 0.6) is 0 Å². The number of benzene rings is 1. The van der Waals surface area contributed by atoms with Crippen LogP contribution >= 0.6 is 0 Å².